The van der Waals surface area contributed by atoms with Crippen LogP contribution >= 0.6 is 11.6 Å². The van der Waals surface area contributed by atoms with Gasteiger partial charge in [0.05, 0.1) is 12.5 Å². The summed E-state index contributed by atoms with van der Waals surface area (Å²) in [5.74, 6) is -0.845. The Morgan fingerprint density at radius 3 is 2.74 bits per heavy atom. The van der Waals surface area contributed by atoms with Crippen LogP contribution in [0.3, 0.4) is 0 Å². The number of hydrogen-bond donors (Lipinski definition) is 1. The molecule has 0 spiro atoms. The number of rotatable bonds is 6. The van der Waals surface area contributed by atoms with E-state index >= 15 is 0 Å². The molecule has 1 aliphatic rings. The second-order valence-electron chi connectivity index (χ2n) is 4.90. The van der Waals surface area contributed by atoms with Crippen LogP contribution in [-0.2, 0) is 16.1 Å². The van der Waals surface area contributed by atoms with Crippen molar-refractivity contribution in [3.63, 3.8) is 0 Å². The van der Waals surface area contributed by atoms with E-state index in [0.29, 0.717) is 0 Å². The maximum atomic E-state index is 13.1. The summed E-state index contributed by atoms with van der Waals surface area (Å²) in [4.78, 5) is 11.5. The third-order valence-corrected chi connectivity index (χ3v) is 3.62. The van der Waals surface area contributed by atoms with E-state index in [0.717, 1.165) is 5.56 Å². The van der Waals surface area contributed by atoms with Crippen LogP contribution in [0.4, 0.5) is 4.39 Å². The molecule has 0 aromatic heterocycles. The van der Waals surface area contributed by atoms with Gasteiger partial charge in [-0.25, -0.2) is 4.39 Å². The van der Waals surface area contributed by atoms with Gasteiger partial charge in [0, 0.05) is 12.3 Å². The van der Waals surface area contributed by atoms with Crippen molar-refractivity contribution in [2.75, 3.05) is 0 Å². The fraction of sp³-hybridized carbons (Fsp3) is 0.500. The molecule has 0 radical (unpaired) electrons. The highest BCUT2D eigenvalue weighted by molar-refractivity contribution is 6.25. The first-order chi connectivity index (χ1) is 8.97. The summed E-state index contributed by atoms with van der Waals surface area (Å²) in [7, 11) is 0. The van der Waals surface area contributed by atoms with Crippen LogP contribution in [-0.4, -0.2) is 22.3 Å². The first kappa shape index (κ1) is 14.3. The summed E-state index contributed by atoms with van der Waals surface area (Å²) in [5.41, 5.74) is 0.885. The molecule has 1 aromatic rings. The Hall–Kier alpha value is -1.13. The minimum atomic E-state index is -1.69. The third kappa shape index (κ3) is 4.48. The lowest BCUT2D eigenvalue weighted by Gasteiger charge is -2.10. The molecule has 0 amide bonds. The normalized spacial score (nSPS) is 26.8. The minimum Gasteiger partial charge on any atom is -0.461 e. The van der Waals surface area contributed by atoms with Crippen molar-refractivity contribution in [2.45, 2.75) is 37.1 Å². The SMILES string of the molecule is O=C(CC(O)CC1CC1(F)Cl)OCc1ccccc1. The number of ether oxygens (including phenoxy) is 1. The first-order valence-corrected chi connectivity index (χ1v) is 6.60. The topological polar surface area (TPSA) is 46.5 Å². The number of aliphatic hydroxyl groups is 1. The first-order valence-electron chi connectivity index (χ1n) is 6.23. The number of benzene rings is 1. The molecular formula is C14H16ClFO3. The largest absolute Gasteiger partial charge is 0.461 e. The molecule has 1 aromatic carbocycles. The summed E-state index contributed by atoms with van der Waals surface area (Å²) in [5, 5.41) is 7.95. The number of alkyl halides is 2. The monoisotopic (exact) mass is 286 g/mol. The molecule has 1 aliphatic carbocycles. The standard InChI is InChI=1S/C14H16ClFO3/c15-14(16)8-11(14)6-12(17)7-13(18)19-9-10-4-2-1-3-5-10/h1-5,11-12,17H,6-9H2. The van der Waals surface area contributed by atoms with Gasteiger partial charge < -0.3 is 9.84 Å². The van der Waals surface area contributed by atoms with E-state index in [1.807, 2.05) is 30.3 Å². The zero-order chi connectivity index (χ0) is 13.9. The van der Waals surface area contributed by atoms with E-state index in [1.165, 1.54) is 0 Å². The summed E-state index contributed by atoms with van der Waals surface area (Å²) in [6, 6.07) is 9.27. The molecule has 3 atom stereocenters. The van der Waals surface area contributed by atoms with Crippen molar-refractivity contribution in [3.8, 4) is 0 Å². The van der Waals surface area contributed by atoms with Crippen molar-refractivity contribution < 1.29 is 19.0 Å². The average Bonchev–Trinajstić information content (AvgIpc) is 2.95. The van der Waals surface area contributed by atoms with Gasteiger partial charge in [-0.2, -0.15) is 0 Å². The highest BCUT2D eigenvalue weighted by Crippen LogP contribution is 2.53. The van der Waals surface area contributed by atoms with E-state index in [4.69, 9.17) is 16.3 Å². The second kappa shape index (κ2) is 5.88. The summed E-state index contributed by atoms with van der Waals surface area (Å²) in [6.45, 7) is 0.179. The highest BCUT2D eigenvalue weighted by atomic mass is 35.5. The van der Waals surface area contributed by atoms with Gasteiger partial charge in [0.2, 0.25) is 0 Å². The van der Waals surface area contributed by atoms with Gasteiger partial charge in [0.1, 0.15) is 6.61 Å². The molecule has 0 aliphatic heterocycles. The quantitative estimate of drug-likeness (QED) is 0.646. The summed E-state index contributed by atoms with van der Waals surface area (Å²) < 4.78 is 18.1. The average molecular weight is 287 g/mol. The number of halogens is 2. The van der Waals surface area contributed by atoms with Gasteiger partial charge >= 0.3 is 5.97 Å². The lowest BCUT2D eigenvalue weighted by molar-refractivity contribution is -0.147. The van der Waals surface area contributed by atoms with Gasteiger partial charge in [0.15, 0.2) is 5.13 Å². The highest BCUT2D eigenvalue weighted by Gasteiger charge is 2.54. The van der Waals surface area contributed by atoms with Crippen LogP contribution in [0.5, 0.6) is 0 Å². The maximum absolute atomic E-state index is 13.1. The molecule has 3 nitrogen and oxygen atoms in total. The van der Waals surface area contributed by atoms with E-state index in [-0.39, 0.29) is 31.8 Å². The molecule has 0 bridgehead atoms. The van der Waals surface area contributed by atoms with E-state index in [2.05, 4.69) is 0 Å². The predicted octanol–water partition coefficient (Wildman–Crippen LogP) is 2.80. The van der Waals surface area contributed by atoms with E-state index < -0.39 is 17.2 Å². The van der Waals surface area contributed by atoms with Crippen LogP contribution in [0.1, 0.15) is 24.8 Å². The number of carbonyl (C=O) groups excluding carboxylic acids is 1. The van der Waals surface area contributed by atoms with Gasteiger partial charge in [-0.3, -0.25) is 4.79 Å². The van der Waals surface area contributed by atoms with Crippen molar-refractivity contribution in [3.05, 3.63) is 35.9 Å². The zero-order valence-corrected chi connectivity index (χ0v) is 11.1. The van der Waals surface area contributed by atoms with Crippen LogP contribution in [0.25, 0.3) is 0 Å². The molecule has 3 unspecified atom stereocenters. The maximum Gasteiger partial charge on any atom is 0.308 e. The molecule has 2 rings (SSSR count). The van der Waals surface area contributed by atoms with Gasteiger partial charge in [-0.15, -0.1) is 0 Å². The molecular weight excluding hydrogens is 271 g/mol. The van der Waals surface area contributed by atoms with Crippen molar-refractivity contribution in [1.29, 1.82) is 0 Å². The van der Waals surface area contributed by atoms with E-state index in [1.54, 1.807) is 0 Å². The Bertz CT molecular complexity index is 436. The summed E-state index contributed by atoms with van der Waals surface area (Å²) >= 11 is 5.44. The van der Waals surface area contributed by atoms with E-state index in [9.17, 15) is 14.3 Å². The lowest BCUT2D eigenvalue weighted by Crippen LogP contribution is -2.17. The molecule has 0 saturated heterocycles. The Morgan fingerprint density at radius 2 is 2.16 bits per heavy atom. The van der Waals surface area contributed by atoms with Crippen molar-refractivity contribution in [1.82, 2.24) is 0 Å². The third-order valence-electron chi connectivity index (χ3n) is 3.16. The number of esters is 1. The van der Waals surface area contributed by atoms with Crippen LogP contribution in [0, 0.1) is 5.92 Å². The van der Waals surface area contributed by atoms with Gasteiger partial charge in [0.25, 0.3) is 0 Å². The van der Waals surface area contributed by atoms with Gasteiger partial charge in [-0.1, -0.05) is 41.9 Å². The second-order valence-corrected chi connectivity index (χ2v) is 5.53. The summed E-state index contributed by atoms with van der Waals surface area (Å²) in [6.07, 6.45) is -0.592. The molecule has 5 heteroatoms. The van der Waals surface area contributed by atoms with Crippen LogP contribution in [0.15, 0.2) is 30.3 Å². The fourth-order valence-corrected chi connectivity index (χ4v) is 2.20. The fourth-order valence-electron chi connectivity index (χ4n) is 1.93. The van der Waals surface area contributed by atoms with Crippen molar-refractivity contribution in [2.24, 2.45) is 5.92 Å². The molecule has 104 valence electrons. The predicted molar refractivity (Wildman–Crippen MR) is 69.3 cm³/mol. The van der Waals surface area contributed by atoms with Crippen LogP contribution in [0.2, 0.25) is 0 Å². The zero-order valence-electron chi connectivity index (χ0n) is 10.4. The molecule has 1 fully saturated rings. The Balaban J connectivity index is 1.67. The number of hydrogen-bond acceptors (Lipinski definition) is 3. The van der Waals surface area contributed by atoms with Crippen LogP contribution < -0.4 is 0 Å². The van der Waals surface area contributed by atoms with Crippen molar-refractivity contribution >= 4 is 17.6 Å². The Morgan fingerprint density at radius 1 is 1.53 bits per heavy atom. The Labute approximate surface area is 116 Å². The minimum absolute atomic E-state index is 0.129. The molecule has 0 heterocycles. The number of carbonyl (C=O) groups is 1. The smallest absolute Gasteiger partial charge is 0.308 e. The van der Waals surface area contributed by atoms with Gasteiger partial charge in [-0.05, 0) is 12.0 Å². The molecule has 1 saturated carbocycles. The number of aliphatic hydroxyl groups excluding tert-OH is 1. The molecule has 1 N–H and O–H groups in total. The lowest BCUT2D eigenvalue weighted by atomic mass is 10.1. The Kier molecular flexibility index (Phi) is 4.42. The molecule has 19 heavy (non-hydrogen) atoms.